The van der Waals surface area contributed by atoms with Crippen molar-refractivity contribution in [3.05, 3.63) is 70.6 Å². The third-order valence-electron chi connectivity index (χ3n) is 3.65. The van der Waals surface area contributed by atoms with Gasteiger partial charge in [-0.15, -0.1) is 0 Å². The molecule has 0 aliphatic heterocycles. The number of hydrogen-bond acceptors (Lipinski definition) is 3. The first kappa shape index (κ1) is 17.9. The maximum absolute atomic E-state index is 12.9. The van der Waals surface area contributed by atoms with E-state index in [0.29, 0.717) is 11.5 Å². The molecule has 0 bridgehead atoms. The van der Waals surface area contributed by atoms with Crippen molar-refractivity contribution >= 4 is 23.2 Å². The molecular weight excluding hydrogens is 369 g/mol. The number of hydrogen-bond donors (Lipinski definition) is 1. The molecule has 3 rings (SSSR count). The van der Waals surface area contributed by atoms with Gasteiger partial charge in [0.2, 0.25) is 0 Å². The number of halogens is 4. The van der Waals surface area contributed by atoms with E-state index in [4.69, 9.17) is 11.6 Å². The Labute approximate surface area is 151 Å². The molecule has 0 saturated carbocycles. The van der Waals surface area contributed by atoms with Crippen LogP contribution in [-0.2, 0) is 6.18 Å². The molecular formula is C17H12ClF3N4O. The van der Waals surface area contributed by atoms with Crippen LogP contribution < -0.4 is 5.32 Å². The molecule has 2 aromatic heterocycles. The van der Waals surface area contributed by atoms with E-state index in [0.717, 1.165) is 12.1 Å². The summed E-state index contributed by atoms with van der Waals surface area (Å²) >= 11 is 5.58. The van der Waals surface area contributed by atoms with Crippen LogP contribution in [0.3, 0.4) is 0 Å². The number of rotatable bonds is 3. The zero-order valence-electron chi connectivity index (χ0n) is 13.4. The molecule has 0 spiro atoms. The fraction of sp³-hybridized carbons (Fsp3) is 0.118. The second-order valence-electron chi connectivity index (χ2n) is 5.39. The Kier molecular flexibility index (Phi) is 4.69. The molecule has 0 saturated heterocycles. The number of alkyl halides is 3. The number of aromatic nitrogens is 3. The van der Waals surface area contributed by atoms with Crippen molar-refractivity contribution < 1.29 is 18.0 Å². The average molecular weight is 381 g/mol. The van der Waals surface area contributed by atoms with Gasteiger partial charge in [0.05, 0.1) is 28.0 Å². The highest BCUT2D eigenvalue weighted by Crippen LogP contribution is 2.36. The Balaban J connectivity index is 1.87. The summed E-state index contributed by atoms with van der Waals surface area (Å²) in [6.07, 6.45) is -1.69. The van der Waals surface area contributed by atoms with Gasteiger partial charge in [-0.25, -0.2) is 9.67 Å². The molecule has 26 heavy (non-hydrogen) atoms. The lowest BCUT2D eigenvalue weighted by atomic mass is 10.1. The number of carbonyl (C=O) groups is 1. The molecule has 0 unspecified atom stereocenters. The van der Waals surface area contributed by atoms with E-state index in [-0.39, 0.29) is 11.3 Å². The van der Waals surface area contributed by atoms with Gasteiger partial charge in [0.15, 0.2) is 5.82 Å². The Bertz CT molecular complexity index is 954. The molecule has 2 heterocycles. The second kappa shape index (κ2) is 6.80. The standard InChI is InChI=1S/C17H12ClF3N4O/c1-10-12(9-23-25(10)15-4-2-3-7-22-15)16(26)24-11-5-6-14(18)13(8-11)17(19,20)21/h2-9H,1H3,(H,24,26). The van der Waals surface area contributed by atoms with E-state index < -0.39 is 22.7 Å². The third-order valence-corrected chi connectivity index (χ3v) is 3.98. The summed E-state index contributed by atoms with van der Waals surface area (Å²) in [6.45, 7) is 1.67. The Morgan fingerprint density at radius 3 is 2.65 bits per heavy atom. The zero-order valence-corrected chi connectivity index (χ0v) is 14.1. The maximum Gasteiger partial charge on any atom is 0.417 e. The summed E-state index contributed by atoms with van der Waals surface area (Å²) in [6, 6.07) is 8.41. The van der Waals surface area contributed by atoms with Crippen LogP contribution in [0.5, 0.6) is 0 Å². The minimum Gasteiger partial charge on any atom is -0.322 e. The predicted molar refractivity (Wildman–Crippen MR) is 90.5 cm³/mol. The molecule has 0 radical (unpaired) electrons. The summed E-state index contributed by atoms with van der Waals surface area (Å²) in [7, 11) is 0. The van der Waals surface area contributed by atoms with Gasteiger partial charge in [0, 0.05) is 11.9 Å². The fourth-order valence-electron chi connectivity index (χ4n) is 2.36. The number of benzene rings is 1. The van der Waals surface area contributed by atoms with Crippen LogP contribution in [0.4, 0.5) is 18.9 Å². The Hall–Kier alpha value is -2.87. The number of nitrogens with zero attached hydrogens (tertiary/aromatic N) is 3. The van der Waals surface area contributed by atoms with Crippen LogP contribution in [0, 0.1) is 6.92 Å². The largest absolute Gasteiger partial charge is 0.417 e. The van der Waals surface area contributed by atoms with Crippen LogP contribution in [0.25, 0.3) is 5.82 Å². The summed E-state index contributed by atoms with van der Waals surface area (Å²) < 4.78 is 40.3. The molecule has 0 aliphatic carbocycles. The van der Waals surface area contributed by atoms with Gasteiger partial charge in [-0.2, -0.15) is 18.3 Å². The number of anilines is 1. The van der Waals surface area contributed by atoms with Gasteiger partial charge in [-0.3, -0.25) is 4.79 Å². The highest BCUT2D eigenvalue weighted by Gasteiger charge is 2.33. The molecule has 0 atom stereocenters. The van der Waals surface area contributed by atoms with Crippen molar-refractivity contribution in [2.24, 2.45) is 0 Å². The minimum atomic E-state index is -4.61. The van der Waals surface area contributed by atoms with Crippen LogP contribution >= 0.6 is 11.6 Å². The van der Waals surface area contributed by atoms with Crippen LogP contribution in [-0.4, -0.2) is 20.7 Å². The summed E-state index contributed by atoms with van der Waals surface area (Å²) in [5, 5.41) is 6.11. The van der Waals surface area contributed by atoms with Gasteiger partial charge >= 0.3 is 6.18 Å². The minimum absolute atomic E-state index is 0.0169. The highest BCUT2D eigenvalue weighted by molar-refractivity contribution is 6.31. The van der Waals surface area contributed by atoms with E-state index >= 15 is 0 Å². The maximum atomic E-state index is 12.9. The average Bonchev–Trinajstić information content (AvgIpc) is 2.98. The Morgan fingerprint density at radius 1 is 1.23 bits per heavy atom. The predicted octanol–water partition coefficient (Wildman–Crippen LogP) is 4.50. The number of nitrogens with one attached hydrogen (secondary N) is 1. The van der Waals surface area contributed by atoms with Crippen molar-refractivity contribution in [3.8, 4) is 5.82 Å². The summed E-state index contributed by atoms with van der Waals surface area (Å²) in [4.78, 5) is 16.6. The topological polar surface area (TPSA) is 59.8 Å². The SMILES string of the molecule is Cc1c(C(=O)Nc2ccc(Cl)c(C(F)(F)F)c2)cnn1-c1ccccn1. The van der Waals surface area contributed by atoms with Crippen LogP contribution in [0.1, 0.15) is 21.6 Å². The molecule has 1 aromatic carbocycles. The van der Waals surface area contributed by atoms with Gasteiger partial charge in [-0.1, -0.05) is 17.7 Å². The number of amides is 1. The van der Waals surface area contributed by atoms with Gasteiger partial charge in [0.1, 0.15) is 0 Å². The first-order chi connectivity index (χ1) is 12.3. The van der Waals surface area contributed by atoms with E-state index in [1.54, 1.807) is 31.3 Å². The summed E-state index contributed by atoms with van der Waals surface area (Å²) in [5.41, 5.74) is -0.306. The van der Waals surface area contributed by atoms with Crippen molar-refractivity contribution in [2.45, 2.75) is 13.1 Å². The number of carbonyl (C=O) groups excluding carboxylic acids is 1. The van der Waals surface area contributed by atoms with E-state index in [9.17, 15) is 18.0 Å². The lowest BCUT2D eigenvalue weighted by Crippen LogP contribution is -2.14. The monoisotopic (exact) mass is 380 g/mol. The van der Waals surface area contributed by atoms with Gasteiger partial charge in [-0.05, 0) is 37.3 Å². The Morgan fingerprint density at radius 2 is 2.00 bits per heavy atom. The van der Waals surface area contributed by atoms with E-state index in [2.05, 4.69) is 15.4 Å². The number of pyridine rings is 1. The molecule has 0 fully saturated rings. The lowest BCUT2D eigenvalue weighted by Gasteiger charge is -2.11. The van der Waals surface area contributed by atoms with Gasteiger partial charge in [0.25, 0.3) is 5.91 Å². The molecule has 5 nitrogen and oxygen atoms in total. The normalized spacial score (nSPS) is 11.4. The first-order valence-corrected chi connectivity index (χ1v) is 7.79. The van der Waals surface area contributed by atoms with Crippen molar-refractivity contribution in [1.29, 1.82) is 0 Å². The first-order valence-electron chi connectivity index (χ1n) is 7.41. The lowest BCUT2D eigenvalue weighted by molar-refractivity contribution is -0.137. The molecule has 9 heteroatoms. The van der Waals surface area contributed by atoms with Gasteiger partial charge < -0.3 is 5.32 Å². The quantitative estimate of drug-likeness (QED) is 0.727. The van der Waals surface area contributed by atoms with E-state index in [1.807, 2.05) is 0 Å². The van der Waals surface area contributed by atoms with Crippen molar-refractivity contribution in [1.82, 2.24) is 14.8 Å². The summed E-state index contributed by atoms with van der Waals surface area (Å²) in [5.74, 6) is -0.0602. The third kappa shape index (κ3) is 3.55. The zero-order chi connectivity index (χ0) is 18.9. The molecule has 0 aliphatic rings. The van der Waals surface area contributed by atoms with E-state index in [1.165, 1.54) is 16.9 Å². The molecule has 3 aromatic rings. The molecule has 1 N–H and O–H groups in total. The molecule has 134 valence electrons. The fourth-order valence-corrected chi connectivity index (χ4v) is 2.59. The molecule has 1 amide bonds. The highest BCUT2D eigenvalue weighted by atomic mass is 35.5. The van der Waals surface area contributed by atoms with Crippen molar-refractivity contribution in [2.75, 3.05) is 5.32 Å². The van der Waals surface area contributed by atoms with Crippen molar-refractivity contribution in [3.63, 3.8) is 0 Å². The second-order valence-corrected chi connectivity index (χ2v) is 5.80. The smallest absolute Gasteiger partial charge is 0.322 e. The van der Waals surface area contributed by atoms with Crippen LogP contribution in [0.2, 0.25) is 5.02 Å². The van der Waals surface area contributed by atoms with Crippen LogP contribution in [0.15, 0.2) is 48.8 Å².